The van der Waals surface area contributed by atoms with E-state index in [-0.39, 0.29) is 11.8 Å². The van der Waals surface area contributed by atoms with Gasteiger partial charge in [-0.15, -0.1) is 0 Å². The average Bonchev–Trinajstić information content (AvgIpc) is 2.71. The van der Waals surface area contributed by atoms with E-state index in [1.807, 2.05) is 28.0 Å². The van der Waals surface area contributed by atoms with Crippen molar-refractivity contribution >= 4 is 17.5 Å². The molecule has 0 aromatic heterocycles. The molecule has 0 fully saturated rings. The number of fused-ring (bicyclic) bond motifs is 1. The molecular formula is C25H41N3O2. The number of nitrogens with zero attached hydrogens (tertiary/aromatic N) is 3. The van der Waals surface area contributed by atoms with Crippen molar-refractivity contribution in [2.45, 2.75) is 72.8 Å². The van der Waals surface area contributed by atoms with Crippen LogP contribution in [0.2, 0.25) is 0 Å². The fraction of sp³-hybridized carbons (Fsp3) is 0.680. The summed E-state index contributed by atoms with van der Waals surface area (Å²) in [4.78, 5) is 32.3. The van der Waals surface area contributed by atoms with Crippen LogP contribution >= 0.6 is 0 Å². The van der Waals surface area contributed by atoms with Crippen molar-refractivity contribution in [2.75, 3.05) is 37.6 Å². The van der Waals surface area contributed by atoms with Gasteiger partial charge in [0.2, 0.25) is 11.8 Å². The largest absolute Gasteiger partial charge is 0.337 e. The molecule has 2 rings (SSSR count). The molecule has 0 radical (unpaired) electrons. The minimum absolute atomic E-state index is 0.186. The van der Waals surface area contributed by atoms with E-state index >= 15 is 0 Å². The van der Waals surface area contributed by atoms with Gasteiger partial charge in [-0.1, -0.05) is 65.2 Å². The van der Waals surface area contributed by atoms with Crippen molar-refractivity contribution in [3.8, 4) is 0 Å². The normalized spacial score (nSPS) is 16.2. The van der Waals surface area contributed by atoms with Gasteiger partial charge in [-0.3, -0.25) is 14.5 Å². The minimum Gasteiger partial charge on any atom is -0.337 e. The van der Waals surface area contributed by atoms with E-state index < -0.39 is 0 Å². The fourth-order valence-corrected chi connectivity index (χ4v) is 4.09. The fourth-order valence-electron chi connectivity index (χ4n) is 4.09. The first-order chi connectivity index (χ1) is 14.5. The van der Waals surface area contributed by atoms with Crippen molar-refractivity contribution in [3.63, 3.8) is 0 Å². The lowest BCUT2D eigenvalue weighted by Gasteiger charge is -2.31. The topological polar surface area (TPSA) is 43.9 Å². The Balaban J connectivity index is 2.31. The molecule has 0 atom stereocenters. The third kappa shape index (κ3) is 7.42. The molecule has 0 aliphatic carbocycles. The summed E-state index contributed by atoms with van der Waals surface area (Å²) in [6, 6.07) is 8.14. The Hall–Kier alpha value is -1.88. The highest BCUT2D eigenvalue weighted by atomic mass is 16.2. The van der Waals surface area contributed by atoms with Crippen LogP contribution in [-0.4, -0.2) is 54.3 Å². The van der Waals surface area contributed by atoms with E-state index in [2.05, 4.69) is 38.7 Å². The van der Waals surface area contributed by atoms with Gasteiger partial charge >= 0.3 is 0 Å². The predicted octanol–water partition coefficient (Wildman–Crippen LogP) is 4.70. The van der Waals surface area contributed by atoms with Crippen LogP contribution in [0.1, 0.15) is 71.8 Å². The third-order valence-electron chi connectivity index (χ3n) is 5.94. The van der Waals surface area contributed by atoms with Gasteiger partial charge in [0.15, 0.2) is 0 Å². The van der Waals surface area contributed by atoms with Gasteiger partial charge in [-0.25, -0.2) is 0 Å². The smallest absolute Gasteiger partial charge is 0.237 e. The van der Waals surface area contributed by atoms with Crippen molar-refractivity contribution in [1.82, 2.24) is 9.80 Å². The van der Waals surface area contributed by atoms with Crippen LogP contribution in [0.5, 0.6) is 0 Å². The second-order valence-electron chi connectivity index (χ2n) is 8.82. The van der Waals surface area contributed by atoms with Gasteiger partial charge in [0, 0.05) is 31.7 Å². The van der Waals surface area contributed by atoms with E-state index in [9.17, 15) is 9.59 Å². The van der Waals surface area contributed by atoms with Crippen LogP contribution in [-0.2, 0) is 16.1 Å². The zero-order chi connectivity index (χ0) is 21.9. The van der Waals surface area contributed by atoms with Crippen LogP contribution < -0.4 is 4.90 Å². The number of carbonyl (C=O) groups is 2. The number of carbonyl (C=O) groups excluding carboxylic acids is 2. The zero-order valence-electron chi connectivity index (χ0n) is 19.5. The first-order valence-electron chi connectivity index (χ1n) is 11.8. The second kappa shape index (κ2) is 12.7. The quantitative estimate of drug-likeness (QED) is 0.676. The molecule has 0 bridgehead atoms. The summed E-state index contributed by atoms with van der Waals surface area (Å²) in [6.45, 7) is 12.7. The molecule has 5 nitrogen and oxygen atoms in total. The monoisotopic (exact) mass is 415 g/mol. The lowest BCUT2D eigenvalue weighted by molar-refractivity contribution is -0.133. The summed E-state index contributed by atoms with van der Waals surface area (Å²) in [7, 11) is 0. The lowest BCUT2D eigenvalue weighted by atomic mass is 10.0. The maximum atomic E-state index is 13.1. The summed E-state index contributed by atoms with van der Waals surface area (Å²) in [5, 5.41) is 0. The summed E-state index contributed by atoms with van der Waals surface area (Å²) >= 11 is 0. The van der Waals surface area contributed by atoms with E-state index in [0.29, 0.717) is 25.4 Å². The molecule has 1 aromatic carbocycles. The van der Waals surface area contributed by atoms with Crippen LogP contribution in [0.4, 0.5) is 5.69 Å². The number of para-hydroxylation sites is 1. The van der Waals surface area contributed by atoms with Crippen molar-refractivity contribution < 1.29 is 9.59 Å². The highest BCUT2D eigenvalue weighted by Gasteiger charge is 2.23. The molecule has 2 amide bonds. The van der Waals surface area contributed by atoms with Crippen molar-refractivity contribution in [1.29, 1.82) is 0 Å². The number of anilines is 1. The molecule has 0 spiro atoms. The maximum Gasteiger partial charge on any atom is 0.237 e. The SMILES string of the molecule is CCN(CC)CC(=O)N1CCCCCCCN(C(=O)CC(C)C)c2ccccc2C1. The van der Waals surface area contributed by atoms with Crippen LogP contribution in [0.15, 0.2) is 24.3 Å². The maximum absolute atomic E-state index is 13.1. The highest BCUT2D eigenvalue weighted by molar-refractivity contribution is 5.94. The second-order valence-corrected chi connectivity index (χ2v) is 8.82. The first kappa shape index (κ1) is 24.4. The van der Waals surface area contributed by atoms with E-state index in [4.69, 9.17) is 0 Å². The zero-order valence-corrected chi connectivity index (χ0v) is 19.5. The molecule has 0 N–H and O–H groups in total. The Labute approximate surface area is 183 Å². The number of hydrogen-bond donors (Lipinski definition) is 0. The van der Waals surface area contributed by atoms with E-state index in [1.165, 1.54) is 0 Å². The molecule has 1 aliphatic heterocycles. The van der Waals surface area contributed by atoms with Gasteiger partial charge in [0.1, 0.15) is 0 Å². The highest BCUT2D eigenvalue weighted by Crippen LogP contribution is 2.25. The Morgan fingerprint density at radius 3 is 2.23 bits per heavy atom. The molecule has 1 aromatic rings. The molecule has 30 heavy (non-hydrogen) atoms. The summed E-state index contributed by atoms with van der Waals surface area (Å²) in [5.41, 5.74) is 2.05. The summed E-state index contributed by atoms with van der Waals surface area (Å²) in [5.74, 6) is 0.708. The van der Waals surface area contributed by atoms with Gasteiger partial charge in [-0.05, 0) is 43.5 Å². The Morgan fingerprint density at radius 1 is 0.933 bits per heavy atom. The molecular weight excluding hydrogens is 374 g/mol. The Bertz CT molecular complexity index is 670. The molecule has 1 heterocycles. The summed E-state index contributed by atoms with van der Waals surface area (Å²) < 4.78 is 0. The number of benzene rings is 1. The van der Waals surface area contributed by atoms with Crippen molar-refractivity contribution in [2.24, 2.45) is 5.92 Å². The minimum atomic E-state index is 0.186. The first-order valence-corrected chi connectivity index (χ1v) is 11.8. The number of rotatable bonds is 6. The molecule has 168 valence electrons. The van der Waals surface area contributed by atoms with Gasteiger partial charge in [0.25, 0.3) is 0 Å². The van der Waals surface area contributed by atoms with Crippen LogP contribution in [0.3, 0.4) is 0 Å². The van der Waals surface area contributed by atoms with Gasteiger partial charge in [0.05, 0.1) is 6.54 Å². The lowest BCUT2D eigenvalue weighted by Crippen LogP contribution is -2.41. The average molecular weight is 416 g/mol. The number of hydrogen-bond acceptors (Lipinski definition) is 3. The van der Waals surface area contributed by atoms with Gasteiger partial charge in [-0.2, -0.15) is 0 Å². The van der Waals surface area contributed by atoms with Crippen molar-refractivity contribution in [3.05, 3.63) is 29.8 Å². The Morgan fingerprint density at radius 2 is 1.57 bits per heavy atom. The number of likely N-dealkylation sites (N-methyl/N-ethyl adjacent to an activating group) is 1. The summed E-state index contributed by atoms with van der Waals surface area (Å²) in [6.07, 6.45) is 6.05. The van der Waals surface area contributed by atoms with E-state index in [0.717, 1.165) is 69.5 Å². The van der Waals surface area contributed by atoms with Crippen LogP contribution in [0.25, 0.3) is 0 Å². The molecule has 1 aliphatic rings. The van der Waals surface area contributed by atoms with Gasteiger partial charge < -0.3 is 9.80 Å². The number of amides is 2. The van der Waals surface area contributed by atoms with Crippen LogP contribution in [0, 0.1) is 5.92 Å². The third-order valence-corrected chi connectivity index (χ3v) is 5.94. The predicted molar refractivity (Wildman–Crippen MR) is 125 cm³/mol. The molecule has 0 unspecified atom stereocenters. The van der Waals surface area contributed by atoms with E-state index in [1.54, 1.807) is 0 Å². The molecule has 5 heteroatoms. The molecule has 0 saturated heterocycles. The Kier molecular flexibility index (Phi) is 10.4. The molecule has 0 saturated carbocycles. The standard InChI is InChI=1S/C25H41N3O2/c1-5-26(6-2)20-25(30)27-16-12-8-7-9-13-17-28(24(29)18-21(3)4)23-15-11-10-14-22(23)19-27/h10-11,14-15,21H,5-9,12-13,16-20H2,1-4H3.